The Morgan fingerprint density at radius 1 is 1.07 bits per heavy atom. The molecular formula is C24H31N5O. The molecule has 0 saturated carbocycles. The highest BCUT2D eigenvalue weighted by molar-refractivity contribution is 6.00. The number of aryl methyl sites for hydroxylation is 2. The normalized spacial score (nSPS) is 15.3. The SMILES string of the molecule is C=C(C=C(C)OC)C(=NC)N1CCN(c2ncc(CCc3ccccc3)cn2)CC1. The minimum Gasteiger partial charge on any atom is -0.501 e. The molecule has 1 aliphatic heterocycles. The zero-order valence-electron chi connectivity index (χ0n) is 18.2. The van der Waals surface area contributed by atoms with Crippen LogP contribution in [0, 0.1) is 0 Å². The van der Waals surface area contributed by atoms with Crippen LogP contribution in [0.15, 0.2) is 71.7 Å². The molecule has 1 fully saturated rings. The van der Waals surface area contributed by atoms with Crippen molar-refractivity contribution in [3.8, 4) is 0 Å². The van der Waals surface area contributed by atoms with E-state index in [0.717, 1.165) is 62.1 Å². The second kappa shape index (κ2) is 10.6. The molecule has 30 heavy (non-hydrogen) atoms. The molecule has 3 rings (SSSR count). The van der Waals surface area contributed by atoms with Gasteiger partial charge in [-0.2, -0.15) is 0 Å². The van der Waals surface area contributed by atoms with Crippen LogP contribution in [0.1, 0.15) is 18.1 Å². The van der Waals surface area contributed by atoms with Crippen molar-refractivity contribution >= 4 is 11.8 Å². The number of hydrogen-bond acceptors (Lipinski definition) is 5. The fourth-order valence-corrected chi connectivity index (χ4v) is 3.55. The Kier molecular flexibility index (Phi) is 7.60. The molecule has 0 radical (unpaired) electrons. The molecule has 0 N–H and O–H groups in total. The third kappa shape index (κ3) is 5.69. The first kappa shape index (κ1) is 21.6. The number of anilines is 1. The molecular weight excluding hydrogens is 374 g/mol. The lowest BCUT2D eigenvalue weighted by molar-refractivity contribution is 0.293. The van der Waals surface area contributed by atoms with E-state index in [1.54, 1.807) is 14.2 Å². The predicted molar refractivity (Wildman–Crippen MR) is 123 cm³/mol. The maximum atomic E-state index is 5.23. The van der Waals surface area contributed by atoms with Crippen molar-refractivity contribution in [1.82, 2.24) is 14.9 Å². The Bertz CT molecular complexity index is 882. The number of methoxy groups -OCH3 is 1. The minimum atomic E-state index is 0.794. The number of piperazine rings is 1. The van der Waals surface area contributed by atoms with Crippen molar-refractivity contribution in [3.05, 3.63) is 77.8 Å². The van der Waals surface area contributed by atoms with Gasteiger partial charge in [-0.05, 0) is 37.0 Å². The van der Waals surface area contributed by atoms with E-state index in [1.165, 1.54) is 11.1 Å². The molecule has 1 aliphatic rings. The molecule has 1 aromatic carbocycles. The summed E-state index contributed by atoms with van der Waals surface area (Å²) < 4.78 is 5.23. The summed E-state index contributed by atoms with van der Waals surface area (Å²) in [5.74, 6) is 2.52. The number of allylic oxidation sites excluding steroid dienone is 1. The van der Waals surface area contributed by atoms with Crippen molar-refractivity contribution in [3.63, 3.8) is 0 Å². The minimum absolute atomic E-state index is 0.794. The number of ether oxygens (including phenoxy) is 1. The van der Waals surface area contributed by atoms with Crippen LogP contribution >= 0.6 is 0 Å². The first-order valence-electron chi connectivity index (χ1n) is 10.3. The second-order valence-corrected chi connectivity index (χ2v) is 7.38. The van der Waals surface area contributed by atoms with Gasteiger partial charge in [-0.25, -0.2) is 9.97 Å². The third-order valence-corrected chi connectivity index (χ3v) is 5.30. The fraction of sp³-hybridized carbons (Fsp3) is 0.375. The number of aliphatic imine (C=N–C) groups is 1. The summed E-state index contributed by atoms with van der Waals surface area (Å²) in [4.78, 5) is 18.2. The number of benzene rings is 1. The third-order valence-electron chi connectivity index (χ3n) is 5.30. The summed E-state index contributed by atoms with van der Waals surface area (Å²) in [7, 11) is 3.47. The van der Waals surface area contributed by atoms with Gasteiger partial charge in [0.2, 0.25) is 5.95 Å². The molecule has 2 heterocycles. The Balaban J connectivity index is 1.53. The number of aromatic nitrogens is 2. The standard InChI is InChI=1S/C24H31N5O/c1-19(16-20(2)30-4)23(25-3)28-12-14-29(15-13-28)24-26-17-22(18-27-24)11-10-21-8-6-5-7-9-21/h5-9,16-18H,1,10-15H2,2-4H3. The smallest absolute Gasteiger partial charge is 0.225 e. The van der Waals surface area contributed by atoms with Crippen LogP contribution in [-0.4, -0.2) is 61.0 Å². The van der Waals surface area contributed by atoms with Gasteiger partial charge in [0.25, 0.3) is 0 Å². The zero-order chi connectivity index (χ0) is 21.3. The highest BCUT2D eigenvalue weighted by atomic mass is 16.5. The van der Waals surface area contributed by atoms with Crippen molar-refractivity contribution in [2.45, 2.75) is 19.8 Å². The molecule has 2 aromatic rings. The summed E-state index contributed by atoms with van der Waals surface area (Å²) in [5, 5.41) is 0. The molecule has 0 amide bonds. The zero-order valence-corrected chi connectivity index (χ0v) is 18.2. The van der Waals surface area contributed by atoms with Gasteiger partial charge >= 0.3 is 0 Å². The molecule has 1 aromatic heterocycles. The summed E-state index contributed by atoms with van der Waals surface area (Å²) in [6.07, 6.45) is 7.78. The maximum absolute atomic E-state index is 5.23. The number of rotatable bonds is 7. The highest BCUT2D eigenvalue weighted by Crippen LogP contribution is 2.15. The number of amidine groups is 1. The van der Waals surface area contributed by atoms with E-state index >= 15 is 0 Å². The van der Waals surface area contributed by atoms with E-state index in [0.29, 0.717) is 0 Å². The summed E-state index contributed by atoms with van der Waals surface area (Å²) in [6.45, 7) is 9.47. The quantitative estimate of drug-likeness (QED) is 0.305. The molecule has 6 nitrogen and oxygen atoms in total. The largest absolute Gasteiger partial charge is 0.501 e. The first-order chi connectivity index (χ1) is 14.6. The first-order valence-corrected chi connectivity index (χ1v) is 10.3. The van der Waals surface area contributed by atoms with Crippen molar-refractivity contribution < 1.29 is 4.74 Å². The van der Waals surface area contributed by atoms with Gasteiger partial charge in [0, 0.05) is 51.2 Å². The number of nitrogens with zero attached hydrogens (tertiary/aromatic N) is 5. The van der Waals surface area contributed by atoms with Gasteiger partial charge in [0.1, 0.15) is 5.84 Å². The van der Waals surface area contributed by atoms with Gasteiger partial charge < -0.3 is 14.5 Å². The van der Waals surface area contributed by atoms with Crippen LogP contribution in [0.4, 0.5) is 5.95 Å². The average molecular weight is 406 g/mol. The average Bonchev–Trinajstić information content (AvgIpc) is 2.79. The molecule has 6 heteroatoms. The maximum Gasteiger partial charge on any atom is 0.225 e. The van der Waals surface area contributed by atoms with Gasteiger partial charge in [-0.3, -0.25) is 4.99 Å². The molecule has 0 spiro atoms. The number of hydrogen-bond donors (Lipinski definition) is 0. The molecule has 0 aliphatic carbocycles. The van der Waals surface area contributed by atoms with E-state index in [1.807, 2.05) is 31.5 Å². The van der Waals surface area contributed by atoms with Crippen LogP contribution in [0.2, 0.25) is 0 Å². The predicted octanol–water partition coefficient (Wildman–Crippen LogP) is 3.52. The van der Waals surface area contributed by atoms with Crippen molar-refractivity contribution in [2.75, 3.05) is 45.2 Å². The molecule has 1 saturated heterocycles. The van der Waals surface area contributed by atoms with Gasteiger partial charge in [0.05, 0.1) is 12.9 Å². The summed E-state index contributed by atoms with van der Waals surface area (Å²) in [6, 6.07) is 10.5. The van der Waals surface area contributed by atoms with Crippen LogP contribution < -0.4 is 4.90 Å². The van der Waals surface area contributed by atoms with Crippen LogP contribution in [0.3, 0.4) is 0 Å². The Morgan fingerprint density at radius 2 is 1.70 bits per heavy atom. The highest BCUT2D eigenvalue weighted by Gasteiger charge is 2.22. The van der Waals surface area contributed by atoms with Gasteiger partial charge in [-0.1, -0.05) is 36.9 Å². The van der Waals surface area contributed by atoms with Crippen molar-refractivity contribution in [1.29, 1.82) is 0 Å². The summed E-state index contributed by atoms with van der Waals surface area (Å²) >= 11 is 0. The topological polar surface area (TPSA) is 53.9 Å². The Hall–Kier alpha value is -3.15. The molecule has 158 valence electrons. The lowest BCUT2D eigenvalue weighted by atomic mass is 10.1. The molecule has 0 unspecified atom stereocenters. The van der Waals surface area contributed by atoms with E-state index in [4.69, 9.17) is 4.74 Å². The van der Waals surface area contributed by atoms with Crippen molar-refractivity contribution in [2.24, 2.45) is 4.99 Å². The van der Waals surface area contributed by atoms with E-state index in [-0.39, 0.29) is 0 Å². The second-order valence-electron chi connectivity index (χ2n) is 7.38. The fourth-order valence-electron chi connectivity index (χ4n) is 3.55. The Labute approximate surface area is 179 Å². The van der Waals surface area contributed by atoms with Crippen LogP contribution in [0.5, 0.6) is 0 Å². The van der Waals surface area contributed by atoms with E-state index < -0.39 is 0 Å². The van der Waals surface area contributed by atoms with Gasteiger partial charge in [0.15, 0.2) is 0 Å². The van der Waals surface area contributed by atoms with E-state index in [9.17, 15) is 0 Å². The monoisotopic (exact) mass is 405 g/mol. The lowest BCUT2D eigenvalue weighted by Gasteiger charge is -2.36. The lowest BCUT2D eigenvalue weighted by Crippen LogP contribution is -2.49. The van der Waals surface area contributed by atoms with Gasteiger partial charge in [-0.15, -0.1) is 0 Å². The molecule has 0 bridgehead atoms. The Morgan fingerprint density at radius 3 is 2.30 bits per heavy atom. The van der Waals surface area contributed by atoms with Crippen LogP contribution in [-0.2, 0) is 17.6 Å². The summed E-state index contributed by atoms with van der Waals surface area (Å²) in [5.41, 5.74) is 3.37. The van der Waals surface area contributed by atoms with E-state index in [2.05, 4.69) is 55.6 Å². The van der Waals surface area contributed by atoms with Crippen LogP contribution in [0.25, 0.3) is 0 Å². The molecule has 0 atom stereocenters.